The van der Waals surface area contributed by atoms with Crippen molar-refractivity contribution >= 4 is 17.7 Å². The summed E-state index contributed by atoms with van der Waals surface area (Å²) in [6.07, 6.45) is 0.222. The Bertz CT molecular complexity index is 446. The number of carboxylic acid groups (broad SMARTS) is 1. The second kappa shape index (κ2) is 3.80. The third-order valence-corrected chi connectivity index (χ3v) is 2.30. The zero-order valence-corrected chi connectivity index (χ0v) is 8.58. The average molecular weight is 222 g/mol. The Morgan fingerprint density at radius 3 is 3.12 bits per heavy atom. The quantitative estimate of drug-likeness (QED) is 0.777. The number of likely N-dealkylation sites (N-methyl/N-ethyl adjacent to an activating group) is 1. The first-order valence-corrected chi connectivity index (χ1v) is 4.70. The maximum Gasteiger partial charge on any atom is 0.307 e. The smallest absolute Gasteiger partial charge is 0.307 e. The number of carbonyl (C=O) groups excluding carboxylic acids is 1. The molecular weight excluding hydrogens is 212 g/mol. The molecule has 6 heteroatoms. The van der Waals surface area contributed by atoms with Gasteiger partial charge in [0.05, 0.1) is 6.42 Å². The largest absolute Gasteiger partial charge is 0.481 e. The molecule has 0 spiro atoms. The molecule has 0 saturated heterocycles. The molecule has 1 aliphatic rings. The number of carbonyl (C=O) groups is 2. The van der Waals surface area contributed by atoms with Crippen molar-refractivity contribution in [3.63, 3.8) is 0 Å². The van der Waals surface area contributed by atoms with Crippen molar-refractivity contribution in [2.24, 2.45) is 0 Å². The van der Waals surface area contributed by atoms with Crippen molar-refractivity contribution in [2.45, 2.75) is 12.5 Å². The van der Waals surface area contributed by atoms with Crippen molar-refractivity contribution < 1.29 is 19.4 Å². The number of aliphatic carboxylic acids is 1. The first kappa shape index (κ1) is 10.4. The Balaban J connectivity index is 2.32. The van der Waals surface area contributed by atoms with Crippen LogP contribution in [0.5, 0.6) is 5.75 Å². The maximum absolute atomic E-state index is 11.7. The highest BCUT2D eigenvalue weighted by Gasteiger charge is 2.34. The number of anilines is 1. The van der Waals surface area contributed by atoms with Gasteiger partial charge in [-0.25, -0.2) is 4.98 Å². The SMILES string of the molecule is CN1C(=O)C(CC(=O)O)Oc2cccnc21. The summed E-state index contributed by atoms with van der Waals surface area (Å²) in [6, 6.07) is 3.32. The third-order valence-electron chi connectivity index (χ3n) is 2.30. The summed E-state index contributed by atoms with van der Waals surface area (Å²) in [5.41, 5.74) is 0. The number of rotatable bonds is 2. The van der Waals surface area contributed by atoms with Gasteiger partial charge < -0.3 is 9.84 Å². The van der Waals surface area contributed by atoms with Crippen LogP contribution in [0, 0.1) is 0 Å². The number of aromatic nitrogens is 1. The Morgan fingerprint density at radius 2 is 2.44 bits per heavy atom. The lowest BCUT2D eigenvalue weighted by Crippen LogP contribution is -2.45. The van der Waals surface area contributed by atoms with E-state index in [1.165, 1.54) is 4.90 Å². The van der Waals surface area contributed by atoms with Gasteiger partial charge in [0, 0.05) is 13.2 Å². The normalized spacial score (nSPS) is 18.9. The van der Waals surface area contributed by atoms with Crippen LogP contribution in [0.15, 0.2) is 18.3 Å². The van der Waals surface area contributed by atoms with Gasteiger partial charge in [-0.1, -0.05) is 0 Å². The molecule has 1 N–H and O–H groups in total. The maximum atomic E-state index is 11.7. The number of carboxylic acids is 1. The standard InChI is InChI=1S/C10H10N2O4/c1-12-9-6(3-2-4-11-9)16-7(10(12)15)5-8(13)14/h2-4,7H,5H2,1H3,(H,13,14). The lowest BCUT2D eigenvalue weighted by Gasteiger charge is -2.29. The molecule has 0 aliphatic carbocycles. The van der Waals surface area contributed by atoms with Gasteiger partial charge in [0.15, 0.2) is 17.7 Å². The van der Waals surface area contributed by atoms with Gasteiger partial charge in [-0.3, -0.25) is 14.5 Å². The fourth-order valence-electron chi connectivity index (χ4n) is 1.54. The van der Waals surface area contributed by atoms with Crippen LogP contribution in [0.4, 0.5) is 5.82 Å². The van der Waals surface area contributed by atoms with Gasteiger partial charge in [-0.2, -0.15) is 0 Å². The number of pyridine rings is 1. The van der Waals surface area contributed by atoms with E-state index in [4.69, 9.17) is 9.84 Å². The molecule has 2 heterocycles. The molecule has 2 rings (SSSR count). The summed E-state index contributed by atoms with van der Waals surface area (Å²) in [5, 5.41) is 8.65. The van der Waals surface area contributed by atoms with E-state index in [-0.39, 0.29) is 6.42 Å². The minimum Gasteiger partial charge on any atom is -0.481 e. The van der Waals surface area contributed by atoms with Crippen molar-refractivity contribution in [1.82, 2.24) is 4.98 Å². The van der Waals surface area contributed by atoms with Crippen molar-refractivity contribution in [3.8, 4) is 5.75 Å². The molecule has 16 heavy (non-hydrogen) atoms. The molecule has 1 aromatic rings. The molecule has 1 aromatic heterocycles. The Labute approximate surface area is 91.5 Å². The minimum absolute atomic E-state index is 0.350. The number of ether oxygens (including phenoxy) is 1. The second-order valence-corrected chi connectivity index (χ2v) is 3.43. The van der Waals surface area contributed by atoms with Gasteiger partial charge in [-0.05, 0) is 12.1 Å². The van der Waals surface area contributed by atoms with E-state index in [0.717, 1.165) is 0 Å². The zero-order valence-electron chi connectivity index (χ0n) is 8.58. The van der Waals surface area contributed by atoms with E-state index in [1.807, 2.05) is 0 Å². The molecule has 1 unspecified atom stereocenters. The molecule has 0 bridgehead atoms. The molecule has 0 fully saturated rings. The summed E-state index contributed by atoms with van der Waals surface area (Å²) in [5.74, 6) is -0.627. The number of hydrogen-bond acceptors (Lipinski definition) is 4. The summed E-state index contributed by atoms with van der Waals surface area (Å²) in [4.78, 5) is 27.6. The van der Waals surface area contributed by atoms with Crippen LogP contribution < -0.4 is 9.64 Å². The highest BCUT2D eigenvalue weighted by Crippen LogP contribution is 2.30. The van der Waals surface area contributed by atoms with Crippen LogP contribution in [-0.4, -0.2) is 35.1 Å². The minimum atomic E-state index is -1.07. The van der Waals surface area contributed by atoms with Crippen molar-refractivity contribution in [3.05, 3.63) is 18.3 Å². The first-order chi connectivity index (χ1) is 7.59. The molecule has 84 valence electrons. The molecule has 1 atom stereocenters. The van der Waals surface area contributed by atoms with E-state index in [9.17, 15) is 9.59 Å². The molecule has 1 aliphatic heterocycles. The molecule has 0 saturated carbocycles. The lowest BCUT2D eigenvalue weighted by atomic mass is 10.2. The Morgan fingerprint density at radius 1 is 1.69 bits per heavy atom. The van der Waals surface area contributed by atoms with Crippen LogP contribution in [0.1, 0.15) is 6.42 Å². The Hall–Kier alpha value is -2.11. The fourth-order valence-corrected chi connectivity index (χ4v) is 1.54. The molecule has 0 aromatic carbocycles. The van der Waals surface area contributed by atoms with E-state index in [2.05, 4.69) is 4.98 Å². The van der Waals surface area contributed by atoms with E-state index in [0.29, 0.717) is 11.6 Å². The summed E-state index contributed by atoms with van der Waals surface area (Å²) in [6.45, 7) is 0. The molecule has 0 radical (unpaired) electrons. The number of hydrogen-bond donors (Lipinski definition) is 1. The van der Waals surface area contributed by atoms with Gasteiger partial charge in [-0.15, -0.1) is 0 Å². The monoisotopic (exact) mass is 222 g/mol. The lowest BCUT2D eigenvalue weighted by molar-refractivity contribution is -0.142. The van der Waals surface area contributed by atoms with E-state index in [1.54, 1.807) is 25.4 Å². The van der Waals surface area contributed by atoms with Gasteiger partial charge >= 0.3 is 5.97 Å². The summed E-state index contributed by atoms with van der Waals surface area (Å²) >= 11 is 0. The predicted molar refractivity (Wildman–Crippen MR) is 54.3 cm³/mol. The van der Waals surface area contributed by atoms with Crippen molar-refractivity contribution in [1.29, 1.82) is 0 Å². The second-order valence-electron chi connectivity index (χ2n) is 3.43. The van der Waals surface area contributed by atoms with Crippen LogP contribution in [0.3, 0.4) is 0 Å². The topological polar surface area (TPSA) is 79.7 Å². The summed E-state index contributed by atoms with van der Waals surface area (Å²) < 4.78 is 5.29. The average Bonchev–Trinajstić information content (AvgIpc) is 2.25. The number of amides is 1. The van der Waals surface area contributed by atoms with Crippen LogP contribution in [0.2, 0.25) is 0 Å². The molecular formula is C10H10N2O4. The van der Waals surface area contributed by atoms with Gasteiger partial charge in [0.2, 0.25) is 0 Å². The number of nitrogens with zero attached hydrogens (tertiary/aromatic N) is 2. The highest BCUT2D eigenvalue weighted by molar-refractivity contribution is 6.00. The zero-order chi connectivity index (χ0) is 11.7. The highest BCUT2D eigenvalue weighted by atomic mass is 16.5. The van der Waals surface area contributed by atoms with Gasteiger partial charge in [0.1, 0.15) is 0 Å². The Kier molecular flexibility index (Phi) is 2.47. The van der Waals surface area contributed by atoms with Crippen molar-refractivity contribution in [2.75, 3.05) is 11.9 Å². The van der Waals surface area contributed by atoms with Crippen LogP contribution in [-0.2, 0) is 9.59 Å². The third kappa shape index (κ3) is 1.69. The van der Waals surface area contributed by atoms with Crippen LogP contribution in [0.25, 0.3) is 0 Å². The van der Waals surface area contributed by atoms with Gasteiger partial charge in [0.25, 0.3) is 5.91 Å². The van der Waals surface area contributed by atoms with E-state index < -0.39 is 18.0 Å². The first-order valence-electron chi connectivity index (χ1n) is 4.70. The summed E-state index contributed by atoms with van der Waals surface area (Å²) in [7, 11) is 1.55. The number of fused-ring (bicyclic) bond motifs is 1. The van der Waals surface area contributed by atoms with Crippen LogP contribution >= 0.6 is 0 Å². The van der Waals surface area contributed by atoms with E-state index >= 15 is 0 Å². The predicted octanol–water partition coefficient (Wildman–Crippen LogP) is 0.280. The fraction of sp³-hybridized carbons (Fsp3) is 0.300. The molecule has 6 nitrogen and oxygen atoms in total. The molecule has 1 amide bonds.